The van der Waals surface area contributed by atoms with Gasteiger partial charge in [-0.3, -0.25) is 4.84 Å². The Morgan fingerprint density at radius 2 is 2.12 bits per heavy atom. The van der Waals surface area contributed by atoms with Crippen LogP contribution in [0.1, 0.15) is 25.3 Å². The van der Waals surface area contributed by atoms with Crippen molar-refractivity contribution in [3.05, 3.63) is 35.9 Å². The molecule has 2 aliphatic heterocycles. The molecule has 92 valence electrons. The van der Waals surface area contributed by atoms with E-state index >= 15 is 0 Å². The van der Waals surface area contributed by atoms with E-state index in [-0.39, 0.29) is 6.29 Å². The van der Waals surface area contributed by atoms with Crippen molar-refractivity contribution in [3.8, 4) is 0 Å². The minimum absolute atomic E-state index is 0.00786. The first-order valence-electron chi connectivity index (χ1n) is 6.45. The normalized spacial score (nSPS) is 32.9. The number of fused-ring (bicyclic) bond motifs is 2. The van der Waals surface area contributed by atoms with Crippen molar-refractivity contribution >= 4 is 0 Å². The third-order valence-electron chi connectivity index (χ3n) is 3.80. The van der Waals surface area contributed by atoms with Crippen molar-refractivity contribution in [2.45, 2.75) is 38.6 Å². The lowest BCUT2D eigenvalue weighted by Crippen LogP contribution is -2.37. The molecule has 0 aromatic heterocycles. The zero-order chi connectivity index (χ0) is 11.7. The molecule has 3 nitrogen and oxygen atoms in total. The summed E-state index contributed by atoms with van der Waals surface area (Å²) in [5.74, 6) is 0.609. The predicted molar refractivity (Wildman–Crippen MR) is 65.0 cm³/mol. The summed E-state index contributed by atoms with van der Waals surface area (Å²) in [6.07, 6.45) is 2.17. The second kappa shape index (κ2) is 4.77. The van der Waals surface area contributed by atoms with Crippen molar-refractivity contribution in [2.75, 3.05) is 6.61 Å². The summed E-state index contributed by atoms with van der Waals surface area (Å²) in [5.41, 5.74) is 1.30. The molecule has 1 aromatic rings. The lowest BCUT2D eigenvalue weighted by Gasteiger charge is -2.28. The quantitative estimate of drug-likeness (QED) is 0.801. The van der Waals surface area contributed by atoms with Gasteiger partial charge in [0.1, 0.15) is 0 Å². The standard InChI is InChI=1S/C14H19NO2/c1-2-12-10-16-14-8-13(12)15(17-14)9-11-6-4-3-5-7-11/h3-7,12-14H,2,8-10H2,1H3/t12-,13-,14+/m1/s1. The highest BCUT2D eigenvalue weighted by Crippen LogP contribution is 2.35. The van der Waals surface area contributed by atoms with E-state index in [1.165, 1.54) is 5.56 Å². The largest absolute Gasteiger partial charge is 0.350 e. The molecule has 2 fully saturated rings. The highest BCUT2D eigenvalue weighted by Gasteiger charge is 2.42. The summed E-state index contributed by atoms with van der Waals surface area (Å²) < 4.78 is 5.68. The molecule has 2 aliphatic rings. The van der Waals surface area contributed by atoms with E-state index in [0.717, 1.165) is 26.0 Å². The molecule has 0 amide bonds. The highest BCUT2D eigenvalue weighted by molar-refractivity contribution is 5.14. The van der Waals surface area contributed by atoms with Crippen molar-refractivity contribution in [1.82, 2.24) is 5.06 Å². The van der Waals surface area contributed by atoms with E-state index in [1.807, 2.05) is 6.07 Å². The first kappa shape index (κ1) is 11.2. The maximum atomic E-state index is 5.83. The number of benzene rings is 1. The van der Waals surface area contributed by atoms with Gasteiger partial charge < -0.3 is 4.74 Å². The summed E-state index contributed by atoms with van der Waals surface area (Å²) in [4.78, 5) is 5.83. The number of rotatable bonds is 3. The molecular weight excluding hydrogens is 214 g/mol. The fourth-order valence-corrected chi connectivity index (χ4v) is 2.76. The van der Waals surface area contributed by atoms with E-state index in [4.69, 9.17) is 9.57 Å². The van der Waals surface area contributed by atoms with Crippen molar-refractivity contribution in [2.24, 2.45) is 5.92 Å². The molecule has 2 heterocycles. The molecule has 3 heteroatoms. The van der Waals surface area contributed by atoms with Gasteiger partial charge in [-0.05, 0) is 12.0 Å². The summed E-state index contributed by atoms with van der Waals surface area (Å²) in [7, 11) is 0. The van der Waals surface area contributed by atoms with Crippen LogP contribution in [0.4, 0.5) is 0 Å². The molecular formula is C14H19NO2. The van der Waals surface area contributed by atoms with Crippen LogP contribution in [-0.2, 0) is 16.1 Å². The summed E-state index contributed by atoms with van der Waals surface area (Å²) in [6, 6.07) is 11.0. The number of hydrogen-bond donors (Lipinski definition) is 0. The molecule has 0 N–H and O–H groups in total. The predicted octanol–water partition coefficient (Wildman–Crippen LogP) is 2.58. The lowest BCUT2D eigenvalue weighted by atomic mass is 9.93. The van der Waals surface area contributed by atoms with E-state index in [9.17, 15) is 0 Å². The van der Waals surface area contributed by atoms with Crippen molar-refractivity contribution in [1.29, 1.82) is 0 Å². The van der Waals surface area contributed by atoms with Crippen LogP contribution >= 0.6 is 0 Å². The fraction of sp³-hybridized carbons (Fsp3) is 0.571. The van der Waals surface area contributed by atoms with E-state index in [0.29, 0.717) is 12.0 Å². The van der Waals surface area contributed by atoms with Crippen LogP contribution in [0.2, 0.25) is 0 Å². The van der Waals surface area contributed by atoms with Crippen LogP contribution < -0.4 is 0 Å². The minimum Gasteiger partial charge on any atom is -0.350 e. The Labute approximate surface area is 102 Å². The number of hydroxylamine groups is 2. The van der Waals surface area contributed by atoms with Gasteiger partial charge in [0.2, 0.25) is 0 Å². The van der Waals surface area contributed by atoms with Gasteiger partial charge in [-0.2, -0.15) is 5.06 Å². The van der Waals surface area contributed by atoms with Gasteiger partial charge in [0.25, 0.3) is 0 Å². The Hall–Kier alpha value is -0.900. The summed E-state index contributed by atoms with van der Waals surface area (Å²) in [6.45, 7) is 3.94. The Balaban J connectivity index is 1.71. The van der Waals surface area contributed by atoms with Gasteiger partial charge in [-0.15, -0.1) is 0 Å². The maximum absolute atomic E-state index is 5.83. The maximum Gasteiger partial charge on any atom is 0.179 e. The van der Waals surface area contributed by atoms with Gasteiger partial charge in [-0.25, -0.2) is 0 Å². The average molecular weight is 233 g/mol. The number of nitrogens with zero attached hydrogens (tertiary/aromatic N) is 1. The van der Waals surface area contributed by atoms with Crippen LogP contribution in [0, 0.1) is 5.92 Å². The Bertz CT molecular complexity index is 368. The van der Waals surface area contributed by atoms with Crippen molar-refractivity contribution in [3.63, 3.8) is 0 Å². The monoisotopic (exact) mass is 233 g/mol. The van der Waals surface area contributed by atoms with Crippen molar-refractivity contribution < 1.29 is 9.57 Å². The Morgan fingerprint density at radius 1 is 1.29 bits per heavy atom. The number of ether oxygens (including phenoxy) is 1. The third-order valence-corrected chi connectivity index (χ3v) is 3.80. The molecule has 2 saturated heterocycles. The second-order valence-electron chi connectivity index (χ2n) is 4.90. The van der Waals surface area contributed by atoms with Crippen LogP contribution in [0.25, 0.3) is 0 Å². The smallest absolute Gasteiger partial charge is 0.179 e. The Morgan fingerprint density at radius 3 is 2.88 bits per heavy atom. The van der Waals surface area contributed by atoms with Gasteiger partial charge >= 0.3 is 0 Å². The van der Waals surface area contributed by atoms with Gasteiger partial charge in [0.15, 0.2) is 6.29 Å². The minimum atomic E-state index is -0.00786. The fourth-order valence-electron chi connectivity index (χ4n) is 2.76. The molecule has 0 spiro atoms. The molecule has 2 bridgehead atoms. The average Bonchev–Trinajstić information content (AvgIpc) is 2.69. The van der Waals surface area contributed by atoms with E-state index in [2.05, 4.69) is 36.3 Å². The first-order chi connectivity index (χ1) is 8.36. The molecule has 0 unspecified atom stereocenters. The SMILES string of the molecule is CC[C@@H]1CO[C@@H]2C[C@H]1N(Cc1ccccc1)O2. The summed E-state index contributed by atoms with van der Waals surface area (Å²) >= 11 is 0. The molecule has 1 aromatic carbocycles. The molecule has 3 rings (SSSR count). The molecule has 0 saturated carbocycles. The van der Waals surface area contributed by atoms with Crippen LogP contribution in [-0.4, -0.2) is 24.0 Å². The highest BCUT2D eigenvalue weighted by atomic mass is 16.8. The Kier molecular flexibility index (Phi) is 3.14. The van der Waals surface area contributed by atoms with E-state index < -0.39 is 0 Å². The van der Waals surface area contributed by atoms with Gasteiger partial charge in [0.05, 0.1) is 6.61 Å². The van der Waals surface area contributed by atoms with E-state index in [1.54, 1.807) is 0 Å². The van der Waals surface area contributed by atoms with Gasteiger partial charge in [0, 0.05) is 24.9 Å². The topological polar surface area (TPSA) is 21.7 Å². The van der Waals surface area contributed by atoms with Crippen LogP contribution in [0.15, 0.2) is 30.3 Å². The molecule has 0 radical (unpaired) electrons. The van der Waals surface area contributed by atoms with Crippen LogP contribution in [0.5, 0.6) is 0 Å². The molecule has 17 heavy (non-hydrogen) atoms. The van der Waals surface area contributed by atoms with Crippen LogP contribution in [0.3, 0.4) is 0 Å². The molecule has 0 aliphatic carbocycles. The summed E-state index contributed by atoms with van der Waals surface area (Å²) in [5, 5.41) is 2.13. The zero-order valence-electron chi connectivity index (χ0n) is 10.2. The lowest BCUT2D eigenvalue weighted by molar-refractivity contribution is -0.228. The number of hydrogen-bond acceptors (Lipinski definition) is 3. The third kappa shape index (κ3) is 2.23. The molecule has 3 atom stereocenters. The second-order valence-corrected chi connectivity index (χ2v) is 4.90. The first-order valence-corrected chi connectivity index (χ1v) is 6.45. The zero-order valence-corrected chi connectivity index (χ0v) is 10.2. The van der Waals surface area contributed by atoms with Gasteiger partial charge in [-0.1, -0.05) is 37.3 Å².